The summed E-state index contributed by atoms with van der Waals surface area (Å²) in [5.41, 5.74) is -0.00837. The van der Waals surface area contributed by atoms with Crippen LogP contribution in [0, 0.1) is 17.5 Å². The van der Waals surface area contributed by atoms with Gasteiger partial charge in [0.05, 0.1) is 12.7 Å². The first kappa shape index (κ1) is 16.8. The fraction of sp³-hybridized carbons (Fsp3) is 0.0714. The number of rotatable bonds is 4. The lowest BCUT2D eigenvalue weighted by Gasteiger charge is -2.09. The normalized spacial score (nSPS) is 11.1. The van der Waals surface area contributed by atoms with E-state index >= 15 is 0 Å². The highest BCUT2D eigenvalue weighted by atomic mass is 32.2. The van der Waals surface area contributed by atoms with Gasteiger partial charge in [-0.25, -0.2) is 18.0 Å². The SMILES string of the molecule is COC(=O)c1cccc(OS(=O)(=O)c2cc(F)c(F)cc2F)c1. The number of ether oxygens (including phenoxy) is 1. The molecule has 0 saturated heterocycles. The Kier molecular flexibility index (Phi) is 4.60. The van der Waals surface area contributed by atoms with Crippen molar-refractivity contribution in [1.82, 2.24) is 0 Å². The fourth-order valence-corrected chi connectivity index (χ4v) is 2.65. The van der Waals surface area contributed by atoms with E-state index in [2.05, 4.69) is 8.92 Å². The molecule has 0 spiro atoms. The monoisotopic (exact) mass is 346 g/mol. The summed E-state index contributed by atoms with van der Waals surface area (Å²) >= 11 is 0. The third-order valence-electron chi connectivity index (χ3n) is 2.71. The van der Waals surface area contributed by atoms with Gasteiger partial charge in [-0.2, -0.15) is 8.42 Å². The fourth-order valence-electron chi connectivity index (χ4n) is 1.66. The second-order valence-electron chi connectivity index (χ2n) is 4.25. The van der Waals surface area contributed by atoms with Gasteiger partial charge in [-0.1, -0.05) is 6.07 Å². The molecule has 0 fully saturated rings. The first-order valence-corrected chi connectivity index (χ1v) is 7.43. The van der Waals surface area contributed by atoms with E-state index in [0.717, 1.165) is 13.2 Å². The van der Waals surface area contributed by atoms with Crippen LogP contribution in [0.15, 0.2) is 41.3 Å². The van der Waals surface area contributed by atoms with E-state index < -0.39 is 38.4 Å². The minimum absolute atomic E-state index is 0.00837. The van der Waals surface area contributed by atoms with Gasteiger partial charge >= 0.3 is 16.1 Å². The average Bonchev–Trinajstić information content (AvgIpc) is 2.49. The molecule has 2 rings (SSSR count). The van der Waals surface area contributed by atoms with Crippen molar-refractivity contribution < 1.29 is 35.3 Å². The van der Waals surface area contributed by atoms with Crippen molar-refractivity contribution in [1.29, 1.82) is 0 Å². The number of carbonyl (C=O) groups is 1. The Morgan fingerprint density at radius 1 is 1.00 bits per heavy atom. The van der Waals surface area contributed by atoms with Crippen molar-refractivity contribution in [2.75, 3.05) is 7.11 Å². The van der Waals surface area contributed by atoms with Crippen molar-refractivity contribution >= 4 is 16.1 Å². The Bertz CT molecular complexity index is 865. The molecule has 0 N–H and O–H groups in total. The lowest BCUT2D eigenvalue weighted by molar-refractivity contribution is 0.0600. The van der Waals surface area contributed by atoms with Crippen LogP contribution in [0.4, 0.5) is 13.2 Å². The molecule has 0 aliphatic rings. The van der Waals surface area contributed by atoms with Gasteiger partial charge in [0.25, 0.3) is 0 Å². The van der Waals surface area contributed by atoms with Gasteiger partial charge in [-0.15, -0.1) is 0 Å². The zero-order chi connectivity index (χ0) is 17.2. The number of hydrogen-bond donors (Lipinski definition) is 0. The minimum atomic E-state index is -4.77. The number of carbonyl (C=O) groups excluding carboxylic acids is 1. The predicted octanol–water partition coefficient (Wildman–Crippen LogP) is 2.66. The molecule has 122 valence electrons. The first-order valence-electron chi connectivity index (χ1n) is 6.02. The zero-order valence-corrected chi connectivity index (χ0v) is 12.4. The van der Waals surface area contributed by atoms with Crippen LogP contribution in [0.5, 0.6) is 5.75 Å². The van der Waals surface area contributed by atoms with E-state index in [9.17, 15) is 26.4 Å². The van der Waals surface area contributed by atoms with E-state index in [1.165, 1.54) is 18.2 Å². The molecule has 0 saturated carbocycles. The molecule has 0 aliphatic heterocycles. The Morgan fingerprint density at radius 3 is 2.30 bits per heavy atom. The Morgan fingerprint density at radius 2 is 1.65 bits per heavy atom. The van der Waals surface area contributed by atoms with Gasteiger partial charge in [0.15, 0.2) is 11.6 Å². The van der Waals surface area contributed by atoms with Crippen molar-refractivity contribution in [2.24, 2.45) is 0 Å². The third kappa shape index (κ3) is 3.62. The molecule has 0 amide bonds. The summed E-state index contributed by atoms with van der Waals surface area (Å²) in [5, 5.41) is 0. The summed E-state index contributed by atoms with van der Waals surface area (Å²) in [4.78, 5) is 10.2. The van der Waals surface area contributed by atoms with Gasteiger partial charge < -0.3 is 8.92 Å². The van der Waals surface area contributed by atoms with E-state index in [4.69, 9.17) is 0 Å². The summed E-state index contributed by atoms with van der Waals surface area (Å²) in [6.45, 7) is 0. The summed E-state index contributed by atoms with van der Waals surface area (Å²) in [7, 11) is -3.64. The number of hydrogen-bond acceptors (Lipinski definition) is 5. The Balaban J connectivity index is 2.39. The molecular formula is C14H9F3O5S. The van der Waals surface area contributed by atoms with Crippen LogP contribution in [-0.2, 0) is 14.9 Å². The smallest absolute Gasteiger partial charge is 0.342 e. The highest BCUT2D eigenvalue weighted by Crippen LogP contribution is 2.24. The molecule has 0 unspecified atom stereocenters. The Labute approximate surface area is 129 Å². The van der Waals surface area contributed by atoms with E-state index in [-0.39, 0.29) is 23.4 Å². The molecule has 0 aromatic heterocycles. The molecule has 0 heterocycles. The molecule has 5 nitrogen and oxygen atoms in total. The topological polar surface area (TPSA) is 69.7 Å². The second kappa shape index (κ2) is 6.29. The van der Waals surface area contributed by atoms with Crippen LogP contribution in [0.2, 0.25) is 0 Å². The van der Waals surface area contributed by atoms with Crippen molar-refractivity contribution in [3.05, 3.63) is 59.4 Å². The summed E-state index contributed by atoms with van der Waals surface area (Å²) in [5.74, 6) is -5.65. The molecule has 23 heavy (non-hydrogen) atoms. The van der Waals surface area contributed by atoms with Gasteiger partial charge in [0, 0.05) is 12.1 Å². The van der Waals surface area contributed by atoms with Crippen LogP contribution in [-0.4, -0.2) is 21.5 Å². The maximum absolute atomic E-state index is 13.6. The van der Waals surface area contributed by atoms with Gasteiger partial charge in [-0.3, -0.25) is 0 Å². The van der Waals surface area contributed by atoms with Crippen LogP contribution < -0.4 is 4.18 Å². The summed E-state index contributed by atoms with van der Waals surface area (Å²) < 4.78 is 72.6. The maximum Gasteiger partial charge on any atom is 0.342 e. The first-order chi connectivity index (χ1) is 10.7. The average molecular weight is 346 g/mol. The highest BCUT2D eigenvalue weighted by molar-refractivity contribution is 7.87. The van der Waals surface area contributed by atoms with Gasteiger partial charge in [-0.05, 0) is 18.2 Å². The summed E-state index contributed by atoms with van der Waals surface area (Å²) in [6, 6.07) is 5.13. The predicted molar refractivity (Wildman–Crippen MR) is 71.9 cm³/mol. The third-order valence-corrected chi connectivity index (χ3v) is 3.97. The highest BCUT2D eigenvalue weighted by Gasteiger charge is 2.24. The second-order valence-corrected chi connectivity index (χ2v) is 5.77. The lowest BCUT2D eigenvalue weighted by atomic mass is 10.2. The number of esters is 1. The van der Waals surface area contributed by atoms with Crippen LogP contribution >= 0.6 is 0 Å². The quantitative estimate of drug-likeness (QED) is 0.484. The van der Waals surface area contributed by atoms with E-state index in [0.29, 0.717) is 0 Å². The molecule has 0 atom stereocenters. The standard InChI is InChI=1S/C14H9F3O5S/c1-21-14(18)8-3-2-4-9(5-8)22-23(19,20)13-7-11(16)10(15)6-12(13)17/h2-7H,1H3. The molecule has 0 aliphatic carbocycles. The molecular weight excluding hydrogens is 337 g/mol. The van der Waals surface area contributed by atoms with Crippen LogP contribution in [0.1, 0.15) is 10.4 Å². The molecule has 0 bridgehead atoms. The van der Waals surface area contributed by atoms with Gasteiger partial charge in [0.1, 0.15) is 16.5 Å². The minimum Gasteiger partial charge on any atom is -0.465 e. The number of halogens is 3. The number of methoxy groups -OCH3 is 1. The molecule has 9 heteroatoms. The van der Waals surface area contributed by atoms with Crippen molar-refractivity contribution in [2.45, 2.75) is 4.90 Å². The van der Waals surface area contributed by atoms with E-state index in [1.807, 2.05) is 0 Å². The number of benzene rings is 2. The van der Waals surface area contributed by atoms with E-state index in [1.54, 1.807) is 0 Å². The summed E-state index contributed by atoms with van der Waals surface area (Å²) in [6.07, 6.45) is 0. The van der Waals surface area contributed by atoms with Crippen molar-refractivity contribution in [3.8, 4) is 5.75 Å². The molecule has 2 aromatic carbocycles. The molecule has 0 radical (unpaired) electrons. The Hall–Kier alpha value is -2.55. The maximum atomic E-state index is 13.6. The van der Waals surface area contributed by atoms with Crippen LogP contribution in [0.25, 0.3) is 0 Å². The van der Waals surface area contributed by atoms with Crippen molar-refractivity contribution in [3.63, 3.8) is 0 Å². The zero-order valence-electron chi connectivity index (χ0n) is 11.5. The van der Waals surface area contributed by atoms with Crippen LogP contribution in [0.3, 0.4) is 0 Å². The molecule has 2 aromatic rings. The lowest BCUT2D eigenvalue weighted by Crippen LogP contribution is -2.13. The van der Waals surface area contributed by atoms with Gasteiger partial charge in [0.2, 0.25) is 0 Å². The largest absolute Gasteiger partial charge is 0.465 e.